The van der Waals surface area contributed by atoms with Crippen LogP contribution in [0, 0.1) is 13.8 Å². The molecule has 2 atom stereocenters. The first kappa shape index (κ1) is 31.0. The molecule has 0 N–H and O–H groups in total. The molecule has 0 fully saturated rings. The zero-order chi connectivity index (χ0) is 29.6. The Morgan fingerprint density at radius 3 is 1.22 bits per heavy atom. The van der Waals surface area contributed by atoms with Gasteiger partial charge in [-0.3, -0.25) is 0 Å². The predicted molar refractivity (Wildman–Crippen MR) is 155 cm³/mol. The van der Waals surface area contributed by atoms with Crippen molar-refractivity contribution in [1.82, 2.24) is 0 Å². The Bertz CT molecular complexity index is 1640. The van der Waals surface area contributed by atoms with Crippen molar-refractivity contribution in [2.24, 2.45) is 0 Å². The number of allylic oxidation sites excluding steroid dienone is 2. The van der Waals surface area contributed by atoms with E-state index in [-0.39, 0.29) is 9.79 Å². The van der Waals surface area contributed by atoms with Gasteiger partial charge in [0.2, 0.25) is 0 Å². The Labute approximate surface area is 253 Å². The zero-order valence-electron chi connectivity index (χ0n) is 22.5. The number of hydrogen-bond donors (Lipinski definition) is 0. The molecular weight excluding hydrogens is 636 g/mol. The van der Waals surface area contributed by atoms with Gasteiger partial charge in [0.15, 0.2) is 0 Å². The second kappa shape index (κ2) is 13.4. The van der Waals surface area contributed by atoms with Crippen LogP contribution in [0.4, 0.5) is 0 Å². The van der Waals surface area contributed by atoms with Crippen molar-refractivity contribution >= 4 is 32.4 Å². The van der Waals surface area contributed by atoms with E-state index in [1.807, 2.05) is 13.8 Å². The van der Waals surface area contributed by atoms with E-state index in [0.29, 0.717) is 0 Å². The van der Waals surface area contributed by atoms with Crippen LogP contribution in [0.1, 0.15) is 40.6 Å². The van der Waals surface area contributed by atoms with Gasteiger partial charge in [0.05, 0.1) is 9.79 Å². The second-order valence-corrected chi connectivity index (χ2v) is 16.3. The predicted octanol–water partition coefficient (Wildman–Crippen LogP) is 6.40. The van der Waals surface area contributed by atoms with Crippen molar-refractivity contribution in [2.45, 2.75) is 30.9 Å². The summed E-state index contributed by atoms with van der Waals surface area (Å²) in [5, 5.41) is 0. The summed E-state index contributed by atoms with van der Waals surface area (Å²) < 4.78 is 63.8. The largest absolute Gasteiger partial charge is 0.744 e. The summed E-state index contributed by atoms with van der Waals surface area (Å²) in [6.07, 6.45) is 9.49. The molecular formula is C32H28O6S2Zr. The Hall–Kier alpha value is -2.94. The quantitative estimate of drug-likeness (QED) is 0.234. The van der Waals surface area contributed by atoms with E-state index in [1.165, 1.54) is 35.4 Å². The summed E-state index contributed by atoms with van der Waals surface area (Å²) in [6.45, 7) is 3.64. The molecule has 41 heavy (non-hydrogen) atoms. The summed E-state index contributed by atoms with van der Waals surface area (Å²) in [4.78, 5) is -0.355. The fourth-order valence-electron chi connectivity index (χ4n) is 4.39. The Balaban J connectivity index is 0.000000153. The molecule has 4 aromatic carbocycles. The molecule has 9 heteroatoms. The van der Waals surface area contributed by atoms with Crippen molar-refractivity contribution < 1.29 is 49.2 Å². The minimum Gasteiger partial charge on any atom is -0.744 e. The van der Waals surface area contributed by atoms with Crippen molar-refractivity contribution in [3.8, 4) is 0 Å². The van der Waals surface area contributed by atoms with E-state index in [0.717, 1.165) is 18.4 Å². The summed E-state index contributed by atoms with van der Waals surface area (Å²) >= 11 is -0.542. The van der Waals surface area contributed by atoms with Gasteiger partial charge in [-0.2, -0.15) is 0 Å². The van der Waals surface area contributed by atoms with E-state index in [1.54, 1.807) is 35.4 Å². The van der Waals surface area contributed by atoms with Crippen LogP contribution >= 0.6 is 0 Å². The van der Waals surface area contributed by atoms with Gasteiger partial charge in [0, 0.05) is 0 Å². The molecule has 2 aliphatic rings. The third kappa shape index (κ3) is 8.54. The molecule has 0 saturated heterocycles. The van der Waals surface area contributed by atoms with E-state index in [9.17, 15) is 25.9 Å². The molecule has 2 unspecified atom stereocenters. The van der Waals surface area contributed by atoms with Gasteiger partial charge >= 0.3 is 126 Å². The summed E-state index contributed by atoms with van der Waals surface area (Å²) in [5.74, 6) is 0. The number of hydrogen-bond acceptors (Lipinski definition) is 6. The first-order valence-electron chi connectivity index (χ1n) is 12.8. The number of rotatable bonds is 4. The van der Waals surface area contributed by atoms with Crippen LogP contribution in [-0.4, -0.2) is 25.9 Å². The molecule has 208 valence electrons. The third-order valence-corrected chi connectivity index (χ3v) is 12.5. The maximum absolute atomic E-state index is 10.4. The van der Waals surface area contributed by atoms with Crippen LogP contribution < -0.4 is 0 Å². The molecule has 0 aromatic heterocycles. The Kier molecular flexibility index (Phi) is 10.1. The van der Waals surface area contributed by atoms with Crippen molar-refractivity contribution in [1.29, 1.82) is 0 Å². The Morgan fingerprint density at radius 2 is 0.878 bits per heavy atom. The molecule has 6 nitrogen and oxygen atoms in total. The Morgan fingerprint density at radius 1 is 0.537 bits per heavy atom. The van der Waals surface area contributed by atoms with Gasteiger partial charge in [-0.05, 0) is 38.1 Å². The number of aryl methyl sites for hydroxylation is 2. The molecule has 0 radical (unpaired) electrons. The summed E-state index contributed by atoms with van der Waals surface area (Å²) in [7, 11) is -8.54. The van der Waals surface area contributed by atoms with Gasteiger partial charge in [-0.15, -0.1) is 0 Å². The normalized spacial score (nSPS) is 16.4. The fourth-order valence-corrected chi connectivity index (χ4v) is 9.48. The zero-order valence-corrected chi connectivity index (χ0v) is 26.6. The molecule has 0 aliphatic heterocycles. The van der Waals surface area contributed by atoms with E-state index in [2.05, 4.69) is 72.8 Å². The molecule has 0 saturated carbocycles. The maximum Gasteiger partial charge on any atom is 0.124 e. The SMILES string of the molecule is C1=C[CH]([Zr+2][CH]2C=Cc3ccccc32)c2ccccc21.Cc1ccc(S(=O)(=O)[O-])cc1.Cc1ccc(S(=O)(=O)[O-])cc1. The van der Waals surface area contributed by atoms with Crippen LogP contribution in [0.15, 0.2) is 119 Å². The smallest absolute Gasteiger partial charge is 0.124 e. The van der Waals surface area contributed by atoms with Gasteiger partial charge in [0.1, 0.15) is 20.2 Å². The van der Waals surface area contributed by atoms with Crippen molar-refractivity contribution in [2.75, 3.05) is 0 Å². The van der Waals surface area contributed by atoms with Gasteiger partial charge in [-0.1, -0.05) is 35.4 Å². The minimum atomic E-state index is -4.27. The molecule has 0 heterocycles. The van der Waals surface area contributed by atoms with Crippen LogP contribution in [0.5, 0.6) is 0 Å². The average molecular weight is 664 g/mol. The number of benzene rings is 4. The molecule has 4 aromatic rings. The van der Waals surface area contributed by atoms with Crippen LogP contribution in [0.25, 0.3) is 12.2 Å². The maximum atomic E-state index is 10.4. The average Bonchev–Trinajstić information content (AvgIpc) is 3.54. The van der Waals surface area contributed by atoms with E-state index >= 15 is 0 Å². The number of fused-ring (bicyclic) bond motifs is 2. The second-order valence-electron chi connectivity index (χ2n) is 9.63. The van der Waals surface area contributed by atoms with Crippen LogP contribution in [0.2, 0.25) is 0 Å². The topological polar surface area (TPSA) is 114 Å². The molecule has 0 spiro atoms. The van der Waals surface area contributed by atoms with Gasteiger partial charge in [0.25, 0.3) is 0 Å². The molecule has 0 bridgehead atoms. The molecule has 6 rings (SSSR count). The van der Waals surface area contributed by atoms with Crippen LogP contribution in [-0.2, 0) is 43.5 Å². The molecule has 2 aliphatic carbocycles. The van der Waals surface area contributed by atoms with E-state index in [4.69, 9.17) is 0 Å². The molecule has 0 amide bonds. The van der Waals surface area contributed by atoms with Crippen molar-refractivity contribution in [3.63, 3.8) is 0 Å². The minimum absolute atomic E-state index is 0.178. The van der Waals surface area contributed by atoms with Gasteiger partial charge < -0.3 is 9.11 Å². The van der Waals surface area contributed by atoms with E-state index < -0.39 is 43.5 Å². The first-order valence-corrected chi connectivity index (χ1v) is 18.4. The summed E-state index contributed by atoms with van der Waals surface area (Å²) in [5.41, 5.74) is 7.85. The van der Waals surface area contributed by atoms with Crippen molar-refractivity contribution in [3.05, 3.63) is 143 Å². The fraction of sp³-hybridized carbons (Fsp3) is 0.125. The van der Waals surface area contributed by atoms with Gasteiger partial charge in [-0.25, -0.2) is 16.8 Å². The third-order valence-electron chi connectivity index (χ3n) is 6.58. The summed E-state index contributed by atoms with van der Waals surface area (Å²) in [6, 6.07) is 29.3. The van der Waals surface area contributed by atoms with Crippen LogP contribution in [0.3, 0.4) is 0 Å². The monoisotopic (exact) mass is 662 g/mol. The standard InChI is InChI=1S/2C9H7.2C7H8O3S.Zr/c2*1-2-5-9-7-3-6-8(9)4-1;2*1-6-2-4-7(5-3-6)11(8,9)10;/h2*1-7H;2*2-5H,1H3,(H,8,9,10);/q;;;;+2/p-2. The first-order chi connectivity index (χ1) is 19.4.